The fraction of sp³-hybridized carbons (Fsp3) is 0.333. The topological polar surface area (TPSA) is 34.9 Å². The maximum atomic E-state index is 12.2. The molecule has 0 unspecified atom stereocenters. The molecule has 0 radical (unpaired) electrons. The minimum absolute atomic E-state index is 0.160. The Morgan fingerprint density at radius 2 is 2.16 bits per heavy atom. The van der Waals surface area contributed by atoms with Crippen LogP contribution in [0.2, 0.25) is 0 Å². The van der Waals surface area contributed by atoms with Gasteiger partial charge in [-0.2, -0.15) is 0 Å². The molecule has 0 bridgehead atoms. The number of carbonyl (C=O) groups is 1. The number of aryl methyl sites for hydroxylation is 3. The maximum Gasteiger partial charge on any atom is 0.173 e. The molecule has 0 amide bonds. The SMILES string of the molecule is CCn1ccnc1SCC(=O)c1ccc(C)cc1C. The zero-order valence-corrected chi connectivity index (χ0v) is 12.3. The van der Waals surface area contributed by atoms with Gasteiger partial charge in [-0.15, -0.1) is 0 Å². The normalized spacial score (nSPS) is 10.7. The number of benzene rings is 1. The quantitative estimate of drug-likeness (QED) is 0.618. The molecular weight excluding hydrogens is 256 g/mol. The Balaban J connectivity index is 2.05. The molecule has 0 saturated carbocycles. The molecule has 19 heavy (non-hydrogen) atoms. The van der Waals surface area contributed by atoms with Crippen LogP contribution in [0.4, 0.5) is 0 Å². The lowest BCUT2D eigenvalue weighted by Crippen LogP contribution is -2.06. The summed E-state index contributed by atoms with van der Waals surface area (Å²) < 4.78 is 2.04. The van der Waals surface area contributed by atoms with E-state index in [1.165, 1.54) is 17.3 Å². The van der Waals surface area contributed by atoms with E-state index in [9.17, 15) is 4.79 Å². The number of rotatable bonds is 5. The first-order chi connectivity index (χ1) is 9.11. The molecule has 100 valence electrons. The average Bonchev–Trinajstić information content (AvgIpc) is 2.83. The molecule has 1 heterocycles. The van der Waals surface area contributed by atoms with Gasteiger partial charge in [-0.1, -0.05) is 35.5 Å². The highest BCUT2D eigenvalue weighted by Crippen LogP contribution is 2.19. The van der Waals surface area contributed by atoms with E-state index in [2.05, 4.69) is 11.9 Å². The monoisotopic (exact) mass is 274 g/mol. The summed E-state index contributed by atoms with van der Waals surface area (Å²) in [5.41, 5.74) is 3.04. The van der Waals surface area contributed by atoms with Crippen LogP contribution >= 0.6 is 11.8 Å². The van der Waals surface area contributed by atoms with Crippen LogP contribution in [-0.2, 0) is 6.54 Å². The van der Waals surface area contributed by atoms with Crippen LogP contribution in [0.5, 0.6) is 0 Å². The van der Waals surface area contributed by atoms with E-state index in [4.69, 9.17) is 0 Å². The molecule has 1 aromatic carbocycles. The molecule has 0 aliphatic carbocycles. The summed E-state index contributed by atoms with van der Waals surface area (Å²) in [6, 6.07) is 5.95. The number of imidazole rings is 1. The van der Waals surface area contributed by atoms with Gasteiger partial charge >= 0.3 is 0 Å². The number of hydrogen-bond donors (Lipinski definition) is 0. The lowest BCUT2D eigenvalue weighted by molar-refractivity contribution is 0.102. The van der Waals surface area contributed by atoms with Crippen molar-refractivity contribution < 1.29 is 4.79 Å². The summed E-state index contributed by atoms with van der Waals surface area (Å²) in [6.45, 7) is 6.96. The second kappa shape index (κ2) is 6.06. The van der Waals surface area contributed by atoms with E-state index >= 15 is 0 Å². The van der Waals surface area contributed by atoms with Crippen molar-refractivity contribution in [3.05, 3.63) is 47.3 Å². The van der Waals surface area contributed by atoms with Gasteiger partial charge in [-0.25, -0.2) is 4.98 Å². The van der Waals surface area contributed by atoms with Gasteiger partial charge in [-0.05, 0) is 26.3 Å². The van der Waals surface area contributed by atoms with Gasteiger partial charge in [0.05, 0.1) is 5.75 Å². The first kappa shape index (κ1) is 13.9. The highest BCUT2D eigenvalue weighted by molar-refractivity contribution is 7.99. The summed E-state index contributed by atoms with van der Waals surface area (Å²) in [5, 5.41) is 0.903. The first-order valence-corrected chi connectivity index (χ1v) is 7.34. The Bertz CT molecular complexity index is 590. The van der Waals surface area contributed by atoms with Gasteiger partial charge < -0.3 is 4.57 Å². The number of hydrogen-bond acceptors (Lipinski definition) is 3. The first-order valence-electron chi connectivity index (χ1n) is 6.36. The molecule has 3 nitrogen and oxygen atoms in total. The highest BCUT2D eigenvalue weighted by Gasteiger charge is 2.11. The summed E-state index contributed by atoms with van der Waals surface area (Å²) in [7, 11) is 0. The fourth-order valence-corrected chi connectivity index (χ4v) is 2.92. The number of nitrogens with zero attached hydrogens (tertiary/aromatic N) is 2. The number of carbonyl (C=O) groups excluding carboxylic acids is 1. The van der Waals surface area contributed by atoms with Crippen molar-refractivity contribution in [3.63, 3.8) is 0 Å². The smallest absolute Gasteiger partial charge is 0.173 e. The van der Waals surface area contributed by atoms with Crippen molar-refractivity contribution in [2.45, 2.75) is 32.5 Å². The highest BCUT2D eigenvalue weighted by atomic mass is 32.2. The largest absolute Gasteiger partial charge is 0.326 e. The van der Waals surface area contributed by atoms with E-state index < -0.39 is 0 Å². The van der Waals surface area contributed by atoms with Crippen LogP contribution in [-0.4, -0.2) is 21.1 Å². The summed E-state index contributed by atoms with van der Waals surface area (Å²) in [5.74, 6) is 0.592. The van der Waals surface area contributed by atoms with Gasteiger partial charge in [0.2, 0.25) is 0 Å². The minimum atomic E-state index is 0.160. The van der Waals surface area contributed by atoms with Crippen LogP contribution in [0, 0.1) is 13.8 Å². The molecule has 2 rings (SSSR count). The van der Waals surface area contributed by atoms with Gasteiger partial charge in [0.1, 0.15) is 0 Å². The van der Waals surface area contributed by atoms with Crippen molar-refractivity contribution in [2.75, 3.05) is 5.75 Å². The molecule has 4 heteroatoms. The third kappa shape index (κ3) is 3.26. The lowest BCUT2D eigenvalue weighted by atomic mass is 10.0. The summed E-state index contributed by atoms with van der Waals surface area (Å²) in [6.07, 6.45) is 3.71. The zero-order chi connectivity index (χ0) is 13.8. The van der Waals surface area contributed by atoms with Crippen LogP contribution in [0.25, 0.3) is 0 Å². The van der Waals surface area contributed by atoms with Crippen LogP contribution in [0.15, 0.2) is 35.7 Å². The van der Waals surface area contributed by atoms with E-state index in [1.54, 1.807) is 6.20 Å². The second-order valence-electron chi connectivity index (χ2n) is 4.53. The van der Waals surface area contributed by atoms with Gasteiger partial charge in [0, 0.05) is 24.5 Å². The summed E-state index contributed by atoms with van der Waals surface area (Å²) in [4.78, 5) is 16.5. The molecule has 1 aromatic heterocycles. The zero-order valence-electron chi connectivity index (χ0n) is 11.5. The van der Waals surface area contributed by atoms with Crippen molar-refractivity contribution in [1.82, 2.24) is 9.55 Å². The fourth-order valence-electron chi connectivity index (χ4n) is 2.01. The number of Topliss-reactive ketones (excluding diaryl/α,β-unsaturated/α-hetero) is 1. The lowest BCUT2D eigenvalue weighted by Gasteiger charge is -2.06. The molecule has 0 fully saturated rings. The predicted octanol–water partition coefficient (Wildman–Crippen LogP) is 3.49. The van der Waals surface area contributed by atoms with Crippen molar-refractivity contribution in [2.24, 2.45) is 0 Å². The third-order valence-electron chi connectivity index (χ3n) is 3.03. The number of ketones is 1. The molecule has 0 saturated heterocycles. The van der Waals surface area contributed by atoms with Crippen LogP contribution in [0.1, 0.15) is 28.4 Å². The minimum Gasteiger partial charge on any atom is -0.326 e. The predicted molar refractivity (Wildman–Crippen MR) is 78.9 cm³/mol. The van der Waals surface area contributed by atoms with Gasteiger partial charge in [0.25, 0.3) is 0 Å². The second-order valence-corrected chi connectivity index (χ2v) is 5.47. The molecular formula is C15H18N2OS. The van der Waals surface area contributed by atoms with Crippen LogP contribution in [0.3, 0.4) is 0 Å². The Labute approximate surface area is 118 Å². The Morgan fingerprint density at radius 1 is 1.37 bits per heavy atom. The van der Waals surface area contributed by atoms with E-state index in [-0.39, 0.29) is 5.78 Å². The van der Waals surface area contributed by atoms with Crippen molar-refractivity contribution in [1.29, 1.82) is 0 Å². The van der Waals surface area contributed by atoms with Gasteiger partial charge in [-0.3, -0.25) is 4.79 Å². The number of thioether (sulfide) groups is 1. The Kier molecular flexibility index (Phi) is 4.43. The number of aromatic nitrogens is 2. The molecule has 0 atom stereocenters. The molecule has 0 spiro atoms. The molecule has 0 aliphatic rings. The van der Waals surface area contributed by atoms with E-state index in [0.717, 1.165) is 22.8 Å². The average molecular weight is 274 g/mol. The maximum absolute atomic E-state index is 12.2. The summed E-state index contributed by atoms with van der Waals surface area (Å²) >= 11 is 1.50. The van der Waals surface area contributed by atoms with E-state index in [1.807, 2.05) is 42.8 Å². The molecule has 0 N–H and O–H groups in total. The van der Waals surface area contributed by atoms with Crippen LogP contribution < -0.4 is 0 Å². The standard InChI is InChI=1S/C15H18N2OS/c1-4-17-8-7-16-15(17)19-10-14(18)13-6-5-11(2)9-12(13)3/h5-9H,4,10H2,1-3H3. The van der Waals surface area contributed by atoms with Crippen molar-refractivity contribution in [3.8, 4) is 0 Å². The molecule has 0 aliphatic heterocycles. The molecule has 2 aromatic rings. The van der Waals surface area contributed by atoms with Crippen molar-refractivity contribution >= 4 is 17.5 Å². The van der Waals surface area contributed by atoms with E-state index in [0.29, 0.717) is 5.75 Å². The Morgan fingerprint density at radius 3 is 2.84 bits per heavy atom. The third-order valence-corrected chi connectivity index (χ3v) is 4.04. The van der Waals surface area contributed by atoms with Gasteiger partial charge in [0.15, 0.2) is 10.9 Å². The Hall–Kier alpha value is -1.55.